The first kappa shape index (κ1) is 13.9. The van der Waals surface area contributed by atoms with Gasteiger partial charge < -0.3 is 15.2 Å². The molecule has 2 N–H and O–H groups in total. The molecule has 0 aliphatic heterocycles. The van der Waals surface area contributed by atoms with Gasteiger partial charge in [-0.2, -0.15) is 0 Å². The van der Waals surface area contributed by atoms with E-state index in [-0.39, 0.29) is 6.10 Å². The summed E-state index contributed by atoms with van der Waals surface area (Å²) in [7, 11) is 1.61. The first-order valence-corrected chi connectivity index (χ1v) is 6.00. The van der Waals surface area contributed by atoms with Crippen molar-refractivity contribution < 1.29 is 9.84 Å². The first-order chi connectivity index (χ1) is 8.13. The smallest absolute Gasteiger partial charge is 0.217 e. The highest BCUT2D eigenvalue weighted by Gasteiger charge is 2.07. The van der Waals surface area contributed by atoms with Crippen molar-refractivity contribution >= 4 is 0 Å². The molecule has 96 valence electrons. The van der Waals surface area contributed by atoms with Gasteiger partial charge in [0.05, 0.1) is 13.2 Å². The SMILES string of the molecule is COc1ncccc1CNCC(O)CC(C)C. The molecule has 0 aliphatic rings. The molecule has 0 fully saturated rings. The van der Waals surface area contributed by atoms with Gasteiger partial charge in [0, 0.05) is 24.8 Å². The Kier molecular flexibility index (Phi) is 5.94. The summed E-state index contributed by atoms with van der Waals surface area (Å²) >= 11 is 0. The number of hydrogen-bond donors (Lipinski definition) is 2. The molecule has 1 atom stereocenters. The molecule has 0 aromatic carbocycles. The van der Waals surface area contributed by atoms with Crippen LogP contribution < -0.4 is 10.1 Å². The van der Waals surface area contributed by atoms with Crippen LogP contribution >= 0.6 is 0 Å². The Bertz CT molecular complexity index is 329. The number of pyridine rings is 1. The molecule has 4 heteroatoms. The van der Waals surface area contributed by atoms with Crippen molar-refractivity contribution in [2.24, 2.45) is 5.92 Å². The maximum absolute atomic E-state index is 9.71. The molecule has 0 spiro atoms. The van der Waals surface area contributed by atoms with Crippen molar-refractivity contribution in [3.05, 3.63) is 23.9 Å². The number of nitrogens with zero attached hydrogens (tertiary/aromatic N) is 1. The van der Waals surface area contributed by atoms with Crippen LogP contribution in [0.5, 0.6) is 5.88 Å². The van der Waals surface area contributed by atoms with Gasteiger partial charge in [0.2, 0.25) is 5.88 Å². The van der Waals surface area contributed by atoms with Crippen LogP contribution in [0.1, 0.15) is 25.8 Å². The Balaban J connectivity index is 2.35. The summed E-state index contributed by atoms with van der Waals surface area (Å²) in [5.74, 6) is 1.15. The molecule has 1 unspecified atom stereocenters. The van der Waals surface area contributed by atoms with Crippen LogP contribution in [0.25, 0.3) is 0 Å². The molecule has 0 amide bonds. The summed E-state index contributed by atoms with van der Waals surface area (Å²) < 4.78 is 5.15. The summed E-state index contributed by atoms with van der Waals surface area (Å²) in [6, 6.07) is 3.84. The zero-order chi connectivity index (χ0) is 12.7. The molecule has 0 saturated heterocycles. The van der Waals surface area contributed by atoms with Crippen LogP contribution in [0.15, 0.2) is 18.3 Å². The molecule has 0 bridgehead atoms. The lowest BCUT2D eigenvalue weighted by Gasteiger charge is -2.14. The second-order valence-electron chi connectivity index (χ2n) is 4.59. The van der Waals surface area contributed by atoms with Gasteiger partial charge in [-0.25, -0.2) is 4.98 Å². The Labute approximate surface area is 103 Å². The van der Waals surface area contributed by atoms with Crippen LogP contribution in [-0.2, 0) is 6.54 Å². The molecule has 1 aromatic heterocycles. The van der Waals surface area contributed by atoms with E-state index >= 15 is 0 Å². The zero-order valence-corrected chi connectivity index (χ0v) is 10.8. The van der Waals surface area contributed by atoms with Crippen molar-refractivity contribution in [2.45, 2.75) is 32.9 Å². The van der Waals surface area contributed by atoms with Gasteiger partial charge in [-0.15, -0.1) is 0 Å². The topological polar surface area (TPSA) is 54.4 Å². The molecule has 0 radical (unpaired) electrons. The van der Waals surface area contributed by atoms with Gasteiger partial charge >= 0.3 is 0 Å². The molecule has 1 aromatic rings. The molecule has 0 aliphatic carbocycles. The number of hydrogen-bond acceptors (Lipinski definition) is 4. The van der Waals surface area contributed by atoms with Crippen LogP contribution in [0.4, 0.5) is 0 Å². The third-order valence-electron chi connectivity index (χ3n) is 2.48. The summed E-state index contributed by atoms with van der Waals surface area (Å²) in [6.07, 6.45) is 2.23. The number of aliphatic hydroxyl groups is 1. The maximum atomic E-state index is 9.71. The number of aliphatic hydroxyl groups excluding tert-OH is 1. The largest absolute Gasteiger partial charge is 0.481 e. The van der Waals surface area contributed by atoms with E-state index in [2.05, 4.69) is 24.1 Å². The summed E-state index contributed by atoms with van der Waals surface area (Å²) in [5.41, 5.74) is 1.01. The Hall–Kier alpha value is -1.13. The quantitative estimate of drug-likeness (QED) is 0.757. The lowest BCUT2D eigenvalue weighted by Crippen LogP contribution is -2.27. The number of aromatic nitrogens is 1. The maximum Gasteiger partial charge on any atom is 0.217 e. The van der Waals surface area contributed by atoms with Crippen molar-refractivity contribution in [1.29, 1.82) is 0 Å². The molecule has 17 heavy (non-hydrogen) atoms. The van der Waals surface area contributed by atoms with Gasteiger partial charge in [-0.3, -0.25) is 0 Å². The third kappa shape index (κ3) is 5.15. The Morgan fingerprint density at radius 1 is 1.47 bits per heavy atom. The summed E-state index contributed by atoms with van der Waals surface area (Å²) in [4.78, 5) is 4.12. The predicted molar refractivity (Wildman–Crippen MR) is 68.0 cm³/mol. The molecule has 1 heterocycles. The molecule has 4 nitrogen and oxygen atoms in total. The minimum absolute atomic E-state index is 0.294. The van der Waals surface area contributed by atoms with Gasteiger partial charge in [-0.1, -0.05) is 19.9 Å². The van der Waals surface area contributed by atoms with Gasteiger partial charge in [-0.05, 0) is 18.4 Å². The fourth-order valence-corrected chi connectivity index (χ4v) is 1.74. The highest BCUT2D eigenvalue weighted by Crippen LogP contribution is 2.12. The van der Waals surface area contributed by atoms with E-state index in [1.54, 1.807) is 13.3 Å². The number of rotatable bonds is 7. The van der Waals surface area contributed by atoms with Crippen molar-refractivity contribution in [3.8, 4) is 5.88 Å². The van der Waals surface area contributed by atoms with E-state index in [4.69, 9.17) is 4.74 Å². The highest BCUT2D eigenvalue weighted by molar-refractivity contribution is 5.24. The lowest BCUT2D eigenvalue weighted by molar-refractivity contribution is 0.146. The van der Waals surface area contributed by atoms with Gasteiger partial charge in [0.15, 0.2) is 0 Å². The normalized spacial score (nSPS) is 12.8. The van der Waals surface area contributed by atoms with Gasteiger partial charge in [0.25, 0.3) is 0 Å². The van der Waals surface area contributed by atoms with Crippen molar-refractivity contribution in [1.82, 2.24) is 10.3 Å². The van der Waals surface area contributed by atoms with E-state index < -0.39 is 0 Å². The van der Waals surface area contributed by atoms with E-state index in [0.717, 1.165) is 12.0 Å². The highest BCUT2D eigenvalue weighted by atomic mass is 16.5. The average molecular weight is 238 g/mol. The third-order valence-corrected chi connectivity index (χ3v) is 2.48. The van der Waals surface area contributed by atoms with E-state index in [0.29, 0.717) is 24.9 Å². The standard InChI is InChI=1S/C13H22N2O2/c1-10(2)7-12(16)9-14-8-11-5-4-6-15-13(11)17-3/h4-6,10,12,14,16H,7-9H2,1-3H3. The minimum Gasteiger partial charge on any atom is -0.481 e. The summed E-state index contributed by atoms with van der Waals surface area (Å²) in [5, 5.41) is 12.9. The van der Waals surface area contributed by atoms with Crippen LogP contribution in [-0.4, -0.2) is 29.8 Å². The average Bonchev–Trinajstić information content (AvgIpc) is 2.28. The Morgan fingerprint density at radius 2 is 2.24 bits per heavy atom. The summed E-state index contributed by atoms with van der Waals surface area (Å²) in [6.45, 7) is 5.46. The Morgan fingerprint density at radius 3 is 2.88 bits per heavy atom. The number of ether oxygens (including phenoxy) is 1. The molecular formula is C13H22N2O2. The van der Waals surface area contributed by atoms with Gasteiger partial charge in [0.1, 0.15) is 0 Å². The molecule has 1 rings (SSSR count). The number of nitrogens with one attached hydrogen (secondary N) is 1. The van der Waals surface area contributed by atoms with E-state index in [1.807, 2.05) is 12.1 Å². The zero-order valence-electron chi connectivity index (χ0n) is 10.8. The van der Waals surface area contributed by atoms with Crippen molar-refractivity contribution in [2.75, 3.05) is 13.7 Å². The fraction of sp³-hybridized carbons (Fsp3) is 0.615. The van der Waals surface area contributed by atoms with Crippen LogP contribution in [0.3, 0.4) is 0 Å². The monoisotopic (exact) mass is 238 g/mol. The van der Waals surface area contributed by atoms with E-state index in [1.165, 1.54) is 0 Å². The lowest BCUT2D eigenvalue weighted by atomic mass is 10.1. The second kappa shape index (κ2) is 7.25. The second-order valence-corrected chi connectivity index (χ2v) is 4.59. The van der Waals surface area contributed by atoms with Crippen LogP contribution in [0.2, 0.25) is 0 Å². The van der Waals surface area contributed by atoms with E-state index in [9.17, 15) is 5.11 Å². The predicted octanol–water partition coefficient (Wildman–Crippen LogP) is 1.59. The first-order valence-electron chi connectivity index (χ1n) is 6.00. The molecule has 0 saturated carbocycles. The molecular weight excluding hydrogens is 216 g/mol. The number of methoxy groups -OCH3 is 1. The van der Waals surface area contributed by atoms with Crippen LogP contribution in [0, 0.1) is 5.92 Å². The fourth-order valence-electron chi connectivity index (χ4n) is 1.74. The van der Waals surface area contributed by atoms with Crippen molar-refractivity contribution in [3.63, 3.8) is 0 Å². The minimum atomic E-state index is -0.294.